The lowest BCUT2D eigenvalue weighted by atomic mass is 9.88. The standard InChI is InChI=1S/C47H30N6S/c48-40-24-22-31-20-18-30-19-21-34(27-38(30)43(31)44(40)53-52-36-14-5-2-6-15-36)46-49-45(33-13-9-12-32(26-33)29-10-3-1-4-11-29)50-47(51-46)35-23-25-42-39(28-35)37-16-7-8-17-41(37)54-42/h1-28,48,52H/b48-40?,53-44+. The fourth-order valence-corrected chi connectivity index (χ4v) is 8.20. The van der Waals surface area contributed by atoms with Crippen molar-refractivity contribution < 1.29 is 0 Å². The molecule has 2 aromatic heterocycles. The van der Waals surface area contributed by atoms with Crippen LogP contribution >= 0.6 is 11.3 Å². The van der Waals surface area contributed by atoms with Crippen LogP contribution in [0.25, 0.3) is 82.3 Å². The van der Waals surface area contributed by atoms with Gasteiger partial charge in [-0.25, -0.2) is 15.0 Å². The van der Waals surface area contributed by atoms with Gasteiger partial charge in [-0.15, -0.1) is 11.3 Å². The maximum atomic E-state index is 8.87. The Kier molecular flexibility index (Phi) is 7.70. The number of anilines is 1. The Bertz CT molecular complexity index is 2980. The van der Waals surface area contributed by atoms with Crippen molar-refractivity contribution in [3.63, 3.8) is 0 Å². The van der Waals surface area contributed by atoms with E-state index in [0.717, 1.165) is 55.4 Å². The average Bonchev–Trinajstić information content (AvgIpc) is 3.61. The Morgan fingerprint density at radius 3 is 1.89 bits per heavy atom. The van der Waals surface area contributed by atoms with E-state index in [0.29, 0.717) is 28.9 Å². The van der Waals surface area contributed by atoms with Gasteiger partial charge in [0.15, 0.2) is 17.5 Å². The summed E-state index contributed by atoms with van der Waals surface area (Å²) in [5, 5.41) is 18.0. The molecule has 0 atom stereocenters. The third-order valence-corrected chi connectivity index (χ3v) is 11.0. The monoisotopic (exact) mass is 710 g/mol. The van der Waals surface area contributed by atoms with Crippen LogP contribution in [-0.4, -0.2) is 26.4 Å². The van der Waals surface area contributed by atoms with Crippen LogP contribution in [0.5, 0.6) is 0 Å². The summed E-state index contributed by atoms with van der Waals surface area (Å²) < 4.78 is 2.48. The molecule has 54 heavy (non-hydrogen) atoms. The summed E-state index contributed by atoms with van der Waals surface area (Å²) in [5.74, 6) is 1.76. The number of hydrazone groups is 1. The number of rotatable bonds is 6. The molecule has 1 aliphatic carbocycles. The lowest BCUT2D eigenvalue weighted by molar-refractivity contribution is 1.08. The largest absolute Gasteiger partial charge is 0.299 e. The number of benzene rings is 7. The van der Waals surface area contributed by atoms with Gasteiger partial charge in [0.2, 0.25) is 0 Å². The van der Waals surface area contributed by atoms with E-state index in [4.69, 9.17) is 25.5 Å². The van der Waals surface area contributed by atoms with Crippen molar-refractivity contribution in [2.45, 2.75) is 0 Å². The van der Waals surface area contributed by atoms with Crippen LogP contribution in [0.1, 0.15) is 11.1 Å². The van der Waals surface area contributed by atoms with E-state index in [9.17, 15) is 0 Å². The molecule has 2 N–H and O–H groups in total. The Hall–Kier alpha value is -7.09. The highest BCUT2D eigenvalue weighted by Crippen LogP contribution is 2.37. The van der Waals surface area contributed by atoms with Crippen LogP contribution in [0.2, 0.25) is 0 Å². The Morgan fingerprint density at radius 1 is 0.481 bits per heavy atom. The minimum atomic E-state index is 0.336. The van der Waals surface area contributed by atoms with E-state index in [-0.39, 0.29) is 0 Å². The first-order chi connectivity index (χ1) is 26.6. The van der Waals surface area contributed by atoms with Crippen molar-refractivity contribution >= 4 is 65.5 Å². The molecule has 2 heterocycles. The maximum absolute atomic E-state index is 8.87. The zero-order valence-electron chi connectivity index (χ0n) is 28.9. The number of allylic oxidation sites excluding steroid dienone is 1. The second-order valence-electron chi connectivity index (χ2n) is 13.2. The predicted octanol–water partition coefficient (Wildman–Crippen LogP) is 11.9. The summed E-state index contributed by atoms with van der Waals surface area (Å²) in [6.45, 7) is 0. The summed E-state index contributed by atoms with van der Waals surface area (Å²) >= 11 is 1.79. The van der Waals surface area contributed by atoms with E-state index in [1.165, 1.54) is 20.2 Å². The number of thiophene rings is 1. The van der Waals surface area contributed by atoms with Crippen LogP contribution in [0.15, 0.2) is 169 Å². The van der Waals surface area contributed by atoms with Gasteiger partial charge in [0.1, 0.15) is 5.71 Å². The summed E-state index contributed by atoms with van der Waals surface area (Å²) in [5.41, 5.74) is 11.7. The Labute approximate surface area is 315 Å². The molecule has 0 unspecified atom stereocenters. The molecule has 0 bridgehead atoms. The average molecular weight is 711 g/mol. The van der Waals surface area contributed by atoms with Gasteiger partial charge in [0.05, 0.1) is 11.4 Å². The van der Waals surface area contributed by atoms with Crippen molar-refractivity contribution in [3.8, 4) is 45.3 Å². The molecule has 254 valence electrons. The minimum absolute atomic E-state index is 0.336. The van der Waals surface area contributed by atoms with Crippen LogP contribution in [0.3, 0.4) is 0 Å². The second-order valence-corrected chi connectivity index (χ2v) is 14.3. The van der Waals surface area contributed by atoms with Crippen molar-refractivity contribution in [2.24, 2.45) is 5.10 Å². The molecule has 6 nitrogen and oxygen atoms in total. The van der Waals surface area contributed by atoms with Gasteiger partial charge < -0.3 is 0 Å². The van der Waals surface area contributed by atoms with Crippen molar-refractivity contribution in [1.29, 1.82) is 5.41 Å². The number of hydrogen-bond donors (Lipinski definition) is 2. The zero-order chi connectivity index (χ0) is 36.0. The minimum Gasteiger partial charge on any atom is -0.299 e. The number of nitrogens with zero attached hydrogens (tertiary/aromatic N) is 4. The third-order valence-electron chi connectivity index (χ3n) is 9.80. The molecule has 0 aliphatic heterocycles. The molecule has 9 aromatic rings. The molecule has 0 saturated heterocycles. The topological polar surface area (TPSA) is 86.9 Å². The molecule has 7 aromatic carbocycles. The van der Waals surface area contributed by atoms with E-state index in [2.05, 4.69) is 127 Å². The molecule has 0 radical (unpaired) electrons. The second kappa shape index (κ2) is 13.2. The highest BCUT2D eigenvalue weighted by molar-refractivity contribution is 7.25. The number of nitrogens with one attached hydrogen (secondary N) is 2. The molecule has 7 heteroatoms. The van der Waals surface area contributed by atoms with E-state index < -0.39 is 0 Å². The van der Waals surface area contributed by atoms with Gasteiger partial charge >= 0.3 is 0 Å². The van der Waals surface area contributed by atoms with E-state index >= 15 is 0 Å². The summed E-state index contributed by atoms with van der Waals surface area (Å²) in [7, 11) is 0. The smallest absolute Gasteiger partial charge is 0.164 e. The number of aromatic nitrogens is 3. The van der Waals surface area contributed by atoms with Crippen LogP contribution in [-0.2, 0) is 0 Å². The quantitative estimate of drug-likeness (QED) is 0.168. The van der Waals surface area contributed by atoms with Crippen molar-refractivity contribution in [1.82, 2.24) is 15.0 Å². The number of fused-ring (bicyclic) bond motifs is 6. The first-order valence-electron chi connectivity index (χ1n) is 17.7. The van der Waals surface area contributed by atoms with E-state index in [1.807, 2.05) is 42.5 Å². The van der Waals surface area contributed by atoms with Gasteiger partial charge in [-0.3, -0.25) is 10.8 Å². The SMILES string of the molecule is N=C1C=Cc2ccc3ccc(-c4nc(-c5cccc(-c6ccccc6)c5)nc(-c5ccc6sc7ccccc7c6c5)n4)cc3c2/C1=N/Nc1ccccc1. The first kappa shape index (κ1) is 31.6. The normalized spacial score (nSPS) is 13.2. The van der Waals surface area contributed by atoms with Crippen LogP contribution in [0.4, 0.5) is 5.69 Å². The molecular formula is C47H30N6S. The van der Waals surface area contributed by atoms with Crippen molar-refractivity contribution in [2.75, 3.05) is 5.43 Å². The molecule has 0 amide bonds. The van der Waals surface area contributed by atoms with Crippen LogP contribution in [0, 0.1) is 5.41 Å². The lowest BCUT2D eigenvalue weighted by Gasteiger charge is -2.18. The van der Waals surface area contributed by atoms with Gasteiger partial charge in [-0.05, 0) is 82.1 Å². The third kappa shape index (κ3) is 5.73. The lowest BCUT2D eigenvalue weighted by Crippen LogP contribution is -2.19. The van der Waals surface area contributed by atoms with Crippen LogP contribution < -0.4 is 5.43 Å². The Balaban J connectivity index is 1.15. The highest BCUT2D eigenvalue weighted by Gasteiger charge is 2.21. The maximum Gasteiger partial charge on any atom is 0.164 e. The summed E-state index contributed by atoms with van der Waals surface area (Å²) in [4.78, 5) is 15.4. The van der Waals surface area contributed by atoms with Gasteiger partial charge in [0, 0.05) is 42.4 Å². The molecule has 1 aliphatic rings. The number of para-hydroxylation sites is 1. The first-order valence-corrected chi connectivity index (χ1v) is 18.5. The number of hydrogen-bond acceptors (Lipinski definition) is 7. The highest BCUT2D eigenvalue weighted by atomic mass is 32.1. The molecular weight excluding hydrogens is 681 g/mol. The molecule has 0 fully saturated rings. The fraction of sp³-hybridized carbons (Fsp3) is 0. The molecule has 0 spiro atoms. The summed E-state index contributed by atoms with van der Waals surface area (Å²) in [6.07, 6.45) is 3.78. The van der Waals surface area contributed by atoms with Gasteiger partial charge in [0.25, 0.3) is 0 Å². The predicted molar refractivity (Wildman–Crippen MR) is 225 cm³/mol. The fourth-order valence-electron chi connectivity index (χ4n) is 7.11. The molecule has 10 rings (SSSR count). The zero-order valence-corrected chi connectivity index (χ0v) is 29.7. The molecule has 0 saturated carbocycles. The van der Waals surface area contributed by atoms with Gasteiger partial charge in [-0.2, -0.15) is 5.10 Å². The van der Waals surface area contributed by atoms with E-state index in [1.54, 1.807) is 17.4 Å². The van der Waals surface area contributed by atoms with Crippen molar-refractivity contribution in [3.05, 3.63) is 175 Å². The van der Waals surface area contributed by atoms with Gasteiger partial charge in [-0.1, -0.05) is 115 Å². The Morgan fingerprint density at radius 2 is 1.09 bits per heavy atom. The summed E-state index contributed by atoms with van der Waals surface area (Å²) in [6, 6.07) is 54.0.